The van der Waals surface area contributed by atoms with Crippen molar-refractivity contribution in [2.24, 2.45) is 0 Å². The van der Waals surface area contributed by atoms with E-state index >= 15 is 0 Å². The van der Waals surface area contributed by atoms with Crippen LogP contribution >= 0.6 is 0 Å². The van der Waals surface area contributed by atoms with Gasteiger partial charge in [0.1, 0.15) is 5.75 Å². The van der Waals surface area contributed by atoms with Crippen LogP contribution in [0.2, 0.25) is 0 Å². The third-order valence-electron chi connectivity index (χ3n) is 4.31. The number of hydrogen-bond acceptors (Lipinski definition) is 5. The topological polar surface area (TPSA) is 84.7 Å². The molecule has 0 aromatic heterocycles. The van der Waals surface area contributed by atoms with Crippen molar-refractivity contribution in [2.75, 3.05) is 24.6 Å². The van der Waals surface area contributed by atoms with Gasteiger partial charge in [0.15, 0.2) is 6.61 Å². The third-order valence-corrected chi connectivity index (χ3v) is 4.31. The summed E-state index contributed by atoms with van der Waals surface area (Å²) in [5.41, 5.74) is 2.16. The third kappa shape index (κ3) is 4.50. The molecule has 7 nitrogen and oxygen atoms in total. The van der Waals surface area contributed by atoms with E-state index in [1.165, 1.54) is 31.0 Å². The Kier molecular flexibility index (Phi) is 5.68. The fourth-order valence-corrected chi connectivity index (χ4v) is 3.01. The Morgan fingerprint density at radius 2 is 1.92 bits per heavy atom. The average Bonchev–Trinajstić information content (AvgIpc) is 3.19. The number of nitro benzene ring substituents is 1. The predicted molar refractivity (Wildman–Crippen MR) is 98.3 cm³/mol. The summed E-state index contributed by atoms with van der Waals surface area (Å²) in [5, 5.41) is 13.6. The number of nitro groups is 1. The number of carbonyl (C=O) groups excluding carboxylic acids is 1. The van der Waals surface area contributed by atoms with Crippen molar-refractivity contribution >= 4 is 17.3 Å². The first-order valence-corrected chi connectivity index (χ1v) is 8.60. The highest BCUT2D eigenvalue weighted by Gasteiger charge is 2.15. The zero-order chi connectivity index (χ0) is 18.4. The molecule has 1 aliphatic heterocycles. The Hall–Kier alpha value is -3.09. The summed E-state index contributed by atoms with van der Waals surface area (Å²) in [6.07, 6.45) is 2.38. The van der Waals surface area contributed by atoms with Crippen LogP contribution in [-0.2, 0) is 11.3 Å². The fraction of sp³-hybridized carbons (Fsp3) is 0.316. The second-order valence-corrected chi connectivity index (χ2v) is 6.14. The number of hydrogen-bond donors (Lipinski definition) is 1. The number of para-hydroxylation sites is 1. The maximum Gasteiger partial charge on any atom is 0.273 e. The minimum absolute atomic E-state index is 0.0672. The molecule has 1 heterocycles. The molecule has 1 saturated heterocycles. The lowest BCUT2D eigenvalue weighted by Crippen LogP contribution is -2.29. The van der Waals surface area contributed by atoms with Gasteiger partial charge in [-0.05, 0) is 30.5 Å². The molecule has 3 rings (SSSR count). The number of ether oxygens (including phenoxy) is 1. The number of carbonyl (C=O) groups is 1. The normalized spacial score (nSPS) is 13.5. The smallest absolute Gasteiger partial charge is 0.273 e. The van der Waals surface area contributed by atoms with Gasteiger partial charge in [-0.15, -0.1) is 0 Å². The molecule has 26 heavy (non-hydrogen) atoms. The van der Waals surface area contributed by atoms with Crippen molar-refractivity contribution in [3.63, 3.8) is 0 Å². The number of nitrogens with one attached hydrogen (secondary N) is 1. The van der Waals surface area contributed by atoms with Gasteiger partial charge < -0.3 is 15.0 Å². The first-order chi connectivity index (χ1) is 12.6. The number of anilines is 1. The molecule has 0 aliphatic carbocycles. The molecule has 1 N–H and O–H groups in total. The van der Waals surface area contributed by atoms with Crippen molar-refractivity contribution in [3.8, 4) is 5.75 Å². The highest BCUT2D eigenvalue weighted by atomic mass is 16.6. The number of nitrogens with zero attached hydrogens (tertiary/aromatic N) is 2. The molecule has 2 aromatic rings. The predicted octanol–water partition coefficient (Wildman–Crippen LogP) is 2.89. The first kappa shape index (κ1) is 17.7. The molecular weight excluding hydrogens is 334 g/mol. The Morgan fingerprint density at radius 1 is 1.15 bits per heavy atom. The molecule has 7 heteroatoms. The molecule has 136 valence electrons. The van der Waals surface area contributed by atoms with E-state index in [9.17, 15) is 14.9 Å². The van der Waals surface area contributed by atoms with Crippen LogP contribution in [0.15, 0.2) is 48.5 Å². The maximum absolute atomic E-state index is 12.1. The molecule has 1 fully saturated rings. The Bertz CT molecular complexity index is 788. The van der Waals surface area contributed by atoms with Crippen LogP contribution < -0.4 is 15.0 Å². The molecule has 0 spiro atoms. The summed E-state index contributed by atoms with van der Waals surface area (Å²) in [4.78, 5) is 24.7. The summed E-state index contributed by atoms with van der Waals surface area (Å²) in [6.45, 7) is 2.32. The number of non-ortho nitro benzene ring substituents is 1. The zero-order valence-corrected chi connectivity index (χ0v) is 14.4. The quantitative estimate of drug-likeness (QED) is 0.610. The average molecular weight is 355 g/mol. The molecule has 0 bridgehead atoms. The maximum atomic E-state index is 12.1. The van der Waals surface area contributed by atoms with E-state index in [-0.39, 0.29) is 18.2 Å². The van der Waals surface area contributed by atoms with Crippen LogP contribution in [0.5, 0.6) is 5.75 Å². The van der Waals surface area contributed by atoms with Gasteiger partial charge in [0.05, 0.1) is 11.0 Å². The van der Waals surface area contributed by atoms with Crippen LogP contribution in [-0.4, -0.2) is 30.5 Å². The standard InChI is InChI=1S/C19H21N3O4/c23-19(14-26-17-8-5-7-16(12-17)22(24)25)20-13-15-6-1-2-9-18(15)21-10-3-4-11-21/h1-2,5-9,12H,3-4,10-11,13-14H2,(H,20,23). The molecule has 0 saturated carbocycles. The van der Waals surface area contributed by atoms with Crippen molar-refractivity contribution in [1.29, 1.82) is 0 Å². The van der Waals surface area contributed by atoms with Crippen LogP contribution in [0.1, 0.15) is 18.4 Å². The summed E-state index contributed by atoms with van der Waals surface area (Å²) in [6, 6.07) is 13.8. The Labute approximate surface area is 151 Å². The van der Waals surface area contributed by atoms with Gasteiger partial charge in [-0.3, -0.25) is 14.9 Å². The summed E-state index contributed by atoms with van der Waals surface area (Å²) < 4.78 is 5.35. The summed E-state index contributed by atoms with van der Waals surface area (Å²) in [7, 11) is 0. The van der Waals surface area contributed by atoms with Gasteiger partial charge in [-0.1, -0.05) is 24.3 Å². The van der Waals surface area contributed by atoms with Crippen LogP contribution in [0, 0.1) is 10.1 Å². The van der Waals surface area contributed by atoms with Crippen LogP contribution in [0.3, 0.4) is 0 Å². The zero-order valence-electron chi connectivity index (χ0n) is 14.4. The van der Waals surface area contributed by atoms with Gasteiger partial charge >= 0.3 is 0 Å². The second-order valence-electron chi connectivity index (χ2n) is 6.14. The van der Waals surface area contributed by atoms with E-state index in [4.69, 9.17) is 4.74 Å². The molecule has 1 aliphatic rings. The lowest BCUT2D eigenvalue weighted by Gasteiger charge is -2.21. The monoisotopic (exact) mass is 355 g/mol. The molecule has 1 amide bonds. The van der Waals surface area contributed by atoms with Gasteiger partial charge in [0.25, 0.3) is 11.6 Å². The minimum atomic E-state index is -0.498. The van der Waals surface area contributed by atoms with Crippen molar-refractivity contribution < 1.29 is 14.5 Å². The van der Waals surface area contributed by atoms with E-state index in [1.807, 2.05) is 18.2 Å². The lowest BCUT2D eigenvalue weighted by atomic mass is 10.1. The highest BCUT2D eigenvalue weighted by molar-refractivity contribution is 5.77. The molecule has 2 aromatic carbocycles. The van der Waals surface area contributed by atoms with Crippen LogP contribution in [0.4, 0.5) is 11.4 Å². The van der Waals surface area contributed by atoms with Crippen LogP contribution in [0.25, 0.3) is 0 Å². The van der Waals surface area contributed by atoms with Gasteiger partial charge in [0.2, 0.25) is 0 Å². The minimum Gasteiger partial charge on any atom is -0.484 e. The van der Waals surface area contributed by atoms with Crippen molar-refractivity contribution in [2.45, 2.75) is 19.4 Å². The van der Waals surface area contributed by atoms with E-state index in [0.717, 1.165) is 24.3 Å². The molecule has 0 radical (unpaired) electrons. The first-order valence-electron chi connectivity index (χ1n) is 8.60. The molecule has 0 atom stereocenters. The van der Waals surface area contributed by atoms with E-state index in [1.54, 1.807) is 6.07 Å². The van der Waals surface area contributed by atoms with E-state index in [0.29, 0.717) is 12.3 Å². The lowest BCUT2D eigenvalue weighted by molar-refractivity contribution is -0.384. The summed E-state index contributed by atoms with van der Waals surface area (Å²) in [5.74, 6) is 0.0274. The van der Waals surface area contributed by atoms with Crippen molar-refractivity contribution in [3.05, 3.63) is 64.2 Å². The number of amides is 1. The fourth-order valence-electron chi connectivity index (χ4n) is 3.01. The summed E-state index contributed by atoms with van der Waals surface area (Å²) >= 11 is 0. The van der Waals surface area contributed by atoms with Gasteiger partial charge in [-0.25, -0.2) is 0 Å². The van der Waals surface area contributed by atoms with E-state index in [2.05, 4.69) is 16.3 Å². The van der Waals surface area contributed by atoms with Crippen molar-refractivity contribution in [1.82, 2.24) is 5.32 Å². The largest absolute Gasteiger partial charge is 0.484 e. The SMILES string of the molecule is O=C(COc1cccc([N+](=O)[O-])c1)NCc1ccccc1N1CCCC1. The molecule has 0 unspecified atom stereocenters. The van der Waals surface area contributed by atoms with Gasteiger partial charge in [-0.2, -0.15) is 0 Å². The highest BCUT2D eigenvalue weighted by Crippen LogP contribution is 2.24. The Morgan fingerprint density at radius 3 is 2.69 bits per heavy atom. The second kappa shape index (κ2) is 8.33. The molecular formula is C19H21N3O4. The van der Waals surface area contributed by atoms with Gasteiger partial charge in [0, 0.05) is 31.4 Å². The number of rotatable bonds is 7. The Balaban J connectivity index is 1.53. The number of benzene rings is 2. The van der Waals surface area contributed by atoms with E-state index < -0.39 is 4.92 Å².